The van der Waals surface area contributed by atoms with Crippen LogP contribution in [0.5, 0.6) is 0 Å². The molecule has 1 aromatic carbocycles. The average Bonchev–Trinajstić information content (AvgIpc) is 2.44. The van der Waals surface area contributed by atoms with Crippen LogP contribution in [0, 0.1) is 17.0 Å². The smallest absolute Gasteiger partial charge is 0.270 e. The van der Waals surface area contributed by atoms with Crippen molar-refractivity contribution in [2.45, 2.75) is 33.4 Å². The second-order valence-electron chi connectivity index (χ2n) is 5.17. The van der Waals surface area contributed by atoms with Gasteiger partial charge in [0, 0.05) is 36.0 Å². The molecule has 6 nitrogen and oxygen atoms in total. The predicted octanol–water partition coefficient (Wildman–Crippen LogP) is 2.86. The highest BCUT2D eigenvalue weighted by atomic mass is 16.6. The maximum Gasteiger partial charge on any atom is 0.270 e. The molecule has 1 N–H and O–H groups in total. The van der Waals surface area contributed by atoms with Gasteiger partial charge in [-0.2, -0.15) is 0 Å². The lowest BCUT2D eigenvalue weighted by molar-refractivity contribution is -0.384. The van der Waals surface area contributed by atoms with Gasteiger partial charge in [0.1, 0.15) is 0 Å². The molecule has 0 bridgehead atoms. The van der Waals surface area contributed by atoms with Crippen LogP contribution in [0.1, 0.15) is 25.2 Å². The van der Waals surface area contributed by atoms with Crippen LogP contribution in [0.25, 0.3) is 11.4 Å². The molecule has 0 fully saturated rings. The van der Waals surface area contributed by atoms with E-state index in [1.807, 2.05) is 13.0 Å². The SMILES string of the molecule is Cc1cc(CNC(C)C)nc(-c2cccc([N+](=O)[O-])c2)n1. The standard InChI is InChI=1S/C15H18N4O2/c1-10(2)16-9-13-7-11(3)17-15(18-13)12-5-4-6-14(8-12)19(20)21/h4-8,10,16H,9H2,1-3H3. The Kier molecular flexibility index (Phi) is 4.59. The fourth-order valence-corrected chi connectivity index (χ4v) is 1.92. The molecule has 1 aromatic heterocycles. The molecule has 2 rings (SSSR count). The summed E-state index contributed by atoms with van der Waals surface area (Å²) in [5.74, 6) is 0.513. The van der Waals surface area contributed by atoms with E-state index in [-0.39, 0.29) is 5.69 Å². The fraction of sp³-hybridized carbons (Fsp3) is 0.333. The van der Waals surface area contributed by atoms with E-state index in [0.29, 0.717) is 24.0 Å². The number of nitro groups is 1. The Bertz CT molecular complexity index is 656. The van der Waals surface area contributed by atoms with Gasteiger partial charge in [-0.15, -0.1) is 0 Å². The Balaban J connectivity index is 2.35. The topological polar surface area (TPSA) is 81.0 Å². The number of nitrogens with zero attached hydrogens (tertiary/aromatic N) is 3. The minimum Gasteiger partial charge on any atom is -0.309 e. The number of nitro benzene ring substituents is 1. The lowest BCUT2D eigenvalue weighted by Crippen LogP contribution is -2.22. The van der Waals surface area contributed by atoms with Gasteiger partial charge in [0.05, 0.1) is 10.6 Å². The van der Waals surface area contributed by atoms with E-state index in [1.165, 1.54) is 12.1 Å². The molecule has 1 heterocycles. The molecule has 0 unspecified atom stereocenters. The molecule has 110 valence electrons. The van der Waals surface area contributed by atoms with E-state index in [2.05, 4.69) is 29.1 Å². The van der Waals surface area contributed by atoms with Crippen molar-refractivity contribution in [2.24, 2.45) is 0 Å². The fourth-order valence-electron chi connectivity index (χ4n) is 1.92. The summed E-state index contributed by atoms with van der Waals surface area (Å²) in [5.41, 5.74) is 2.41. The van der Waals surface area contributed by atoms with Crippen molar-refractivity contribution in [2.75, 3.05) is 0 Å². The van der Waals surface area contributed by atoms with Crippen molar-refractivity contribution in [3.8, 4) is 11.4 Å². The van der Waals surface area contributed by atoms with Crippen LogP contribution in [0.15, 0.2) is 30.3 Å². The molecule has 21 heavy (non-hydrogen) atoms. The average molecular weight is 286 g/mol. The van der Waals surface area contributed by atoms with E-state index >= 15 is 0 Å². The summed E-state index contributed by atoms with van der Waals surface area (Å²) < 4.78 is 0. The lowest BCUT2D eigenvalue weighted by atomic mass is 10.2. The highest BCUT2D eigenvalue weighted by Gasteiger charge is 2.10. The van der Waals surface area contributed by atoms with Crippen molar-refractivity contribution in [1.29, 1.82) is 0 Å². The molecule has 0 atom stereocenters. The van der Waals surface area contributed by atoms with Crippen LogP contribution in [0.2, 0.25) is 0 Å². The molecular weight excluding hydrogens is 268 g/mol. The second-order valence-corrected chi connectivity index (χ2v) is 5.17. The molecule has 0 saturated heterocycles. The Morgan fingerprint density at radius 3 is 2.71 bits per heavy atom. The third-order valence-corrected chi connectivity index (χ3v) is 2.91. The summed E-state index contributed by atoms with van der Waals surface area (Å²) in [6, 6.07) is 8.65. The van der Waals surface area contributed by atoms with E-state index in [1.54, 1.807) is 12.1 Å². The van der Waals surface area contributed by atoms with Crippen LogP contribution in [0.4, 0.5) is 5.69 Å². The summed E-state index contributed by atoms with van der Waals surface area (Å²) >= 11 is 0. The molecular formula is C15H18N4O2. The summed E-state index contributed by atoms with van der Waals surface area (Å²) in [6.45, 7) is 6.66. The minimum absolute atomic E-state index is 0.0412. The first-order valence-electron chi connectivity index (χ1n) is 6.78. The normalized spacial score (nSPS) is 10.9. The Morgan fingerprint density at radius 2 is 2.05 bits per heavy atom. The first-order valence-corrected chi connectivity index (χ1v) is 6.78. The van der Waals surface area contributed by atoms with Crippen LogP contribution in [-0.4, -0.2) is 20.9 Å². The number of nitrogens with one attached hydrogen (secondary N) is 1. The van der Waals surface area contributed by atoms with Gasteiger partial charge in [0.2, 0.25) is 0 Å². The first kappa shape index (κ1) is 15.1. The minimum atomic E-state index is -0.416. The Morgan fingerprint density at radius 1 is 1.29 bits per heavy atom. The van der Waals surface area contributed by atoms with Gasteiger partial charge in [0.25, 0.3) is 5.69 Å². The molecule has 2 aromatic rings. The molecule has 0 amide bonds. The summed E-state index contributed by atoms with van der Waals surface area (Å²) in [6.07, 6.45) is 0. The summed E-state index contributed by atoms with van der Waals surface area (Å²) in [4.78, 5) is 19.3. The van der Waals surface area contributed by atoms with Crippen LogP contribution < -0.4 is 5.32 Å². The van der Waals surface area contributed by atoms with Crippen LogP contribution >= 0.6 is 0 Å². The predicted molar refractivity (Wildman–Crippen MR) is 80.8 cm³/mol. The zero-order valence-electron chi connectivity index (χ0n) is 12.3. The first-order chi connectivity index (χ1) is 9.95. The largest absolute Gasteiger partial charge is 0.309 e. The Labute approximate surface area is 123 Å². The number of aromatic nitrogens is 2. The molecule has 0 aliphatic rings. The third kappa shape index (κ3) is 4.06. The maximum absolute atomic E-state index is 10.9. The lowest BCUT2D eigenvalue weighted by Gasteiger charge is -2.09. The summed E-state index contributed by atoms with van der Waals surface area (Å²) in [7, 11) is 0. The molecule has 6 heteroatoms. The number of non-ortho nitro benzene ring substituents is 1. The van der Waals surface area contributed by atoms with Crippen molar-refractivity contribution >= 4 is 5.69 Å². The van der Waals surface area contributed by atoms with Gasteiger partial charge in [0.15, 0.2) is 5.82 Å². The van der Waals surface area contributed by atoms with Gasteiger partial charge in [-0.3, -0.25) is 10.1 Å². The summed E-state index contributed by atoms with van der Waals surface area (Å²) in [5, 5.41) is 14.1. The number of rotatable bonds is 5. The highest BCUT2D eigenvalue weighted by Crippen LogP contribution is 2.21. The van der Waals surface area contributed by atoms with Crippen LogP contribution in [-0.2, 0) is 6.54 Å². The second kappa shape index (κ2) is 6.41. The van der Waals surface area contributed by atoms with Crippen molar-refractivity contribution in [3.05, 3.63) is 51.8 Å². The zero-order chi connectivity index (χ0) is 15.4. The van der Waals surface area contributed by atoms with E-state index < -0.39 is 4.92 Å². The van der Waals surface area contributed by atoms with E-state index in [9.17, 15) is 10.1 Å². The number of hydrogen-bond acceptors (Lipinski definition) is 5. The van der Waals surface area contributed by atoms with Crippen molar-refractivity contribution in [1.82, 2.24) is 15.3 Å². The molecule has 0 aliphatic heterocycles. The highest BCUT2D eigenvalue weighted by molar-refractivity contribution is 5.59. The number of benzene rings is 1. The van der Waals surface area contributed by atoms with Gasteiger partial charge in [-0.1, -0.05) is 26.0 Å². The van der Waals surface area contributed by atoms with Crippen molar-refractivity contribution in [3.63, 3.8) is 0 Å². The quantitative estimate of drug-likeness (QED) is 0.675. The van der Waals surface area contributed by atoms with Gasteiger partial charge < -0.3 is 5.32 Å². The molecule has 0 radical (unpaired) electrons. The Hall–Kier alpha value is -2.34. The van der Waals surface area contributed by atoms with Crippen molar-refractivity contribution < 1.29 is 4.92 Å². The van der Waals surface area contributed by atoms with Crippen LogP contribution in [0.3, 0.4) is 0 Å². The van der Waals surface area contributed by atoms with E-state index in [0.717, 1.165) is 11.4 Å². The maximum atomic E-state index is 10.9. The molecule has 0 spiro atoms. The molecule has 0 saturated carbocycles. The van der Waals surface area contributed by atoms with Gasteiger partial charge in [-0.05, 0) is 13.0 Å². The molecule has 0 aliphatic carbocycles. The van der Waals surface area contributed by atoms with Gasteiger partial charge >= 0.3 is 0 Å². The van der Waals surface area contributed by atoms with Gasteiger partial charge in [-0.25, -0.2) is 9.97 Å². The van der Waals surface area contributed by atoms with E-state index in [4.69, 9.17) is 0 Å². The number of hydrogen-bond donors (Lipinski definition) is 1. The number of aryl methyl sites for hydroxylation is 1. The monoisotopic (exact) mass is 286 g/mol. The third-order valence-electron chi connectivity index (χ3n) is 2.91. The zero-order valence-corrected chi connectivity index (χ0v) is 12.3.